The van der Waals surface area contributed by atoms with Gasteiger partial charge in [0.1, 0.15) is 6.10 Å². The van der Waals surface area contributed by atoms with Gasteiger partial charge in [-0.05, 0) is 39.4 Å². The second-order valence-corrected chi connectivity index (χ2v) is 6.83. The third kappa shape index (κ3) is 5.94. The second kappa shape index (κ2) is 9.84. The smallest absolute Gasteiger partial charge is 0.233 e. The first-order valence-corrected chi connectivity index (χ1v) is 9.10. The zero-order chi connectivity index (χ0) is 17.4. The van der Waals surface area contributed by atoms with Gasteiger partial charge in [0.25, 0.3) is 0 Å². The molecule has 7 heteroatoms. The third-order valence-electron chi connectivity index (χ3n) is 4.61. The van der Waals surface area contributed by atoms with E-state index in [1.165, 1.54) is 12.8 Å². The van der Waals surface area contributed by atoms with Crippen molar-refractivity contribution in [3.05, 3.63) is 0 Å². The number of carbonyl (C=O) groups excluding carboxylic acids is 1. The van der Waals surface area contributed by atoms with Gasteiger partial charge in [0, 0.05) is 20.1 Å². The molecule has 0 radical (unpaired) electrons. The number of carbonyl (C=O) groups is 1. The lowest BCUT2D eigenvalue weighted by molar-refractivity contribution is -0.122. The van der Waals surface area contributed by atoms with Crippen molar-refractivity contribution in [2.24, 2.45) is 11.1 Å². The summed E-state index contributed by atoms with van der Waals surface area (Å²) in [6.45, 7) is 6.82. The minimum Gasteiger partial charge on any atom is -0.470 e. The first-order chi connectivity index (χ1) is 11.6. The van der Waals surface area contributed by atoms with E-state index in [9.17, 15) is 4.79 Å². The number of likely N-dealkylation sites (N-methyl/N-ethyl adjacent to an activating group) is 2. The van der Waals surface area contributed by atoms with Crippen molar-refractivity contribution in [1.29, 1.82) is 0 Å². The Morgan fingerprint density at radius 3 is 3.08 bits per heavy atom. The van der Waals surface area contributed by atoms with E-state index in [4.69, 9.17) is 9.57 Å². The largest absolute Gasteiger partial charge is 0.470 e. The van der Waals surface area contributed by atoms with Gasteiger partial charge in [0.05, 0.1) is 12.5 Å². The summed E-state index contributed by atoms with van der Waals surface area (Å²) in [4.78, 5) is 21.5. The summed E-state index contributed by atoms with van der Waals surface area (Å²) in [5.41, 5.74) is 0. The van der Waals surface area contributed by atoms with Gasteiger partial charge >= 0.3 is 0 Å². The van der Waals surface area contributed by atoms with Gasteiger partial charge in [0.15, 0.2) is 6.61 Å². The summed E-state index contributed by atoms with van der Waals surface area (Å²) in [6, 6.07) is 0. The maximum atomic E-state index is 11.6. The van der Waals surface area contributed by atoms with Crippen molar-refractivity contribution in [2.45, 2.75) is 38.7 Å². The van der Waals surface area contributed by atoms with Crippen LogP contribution in [0.2, 0.25) is 0 Å². The number of nitrogens with one attached hydrogen (secondary N) is 1. The van der Waals surface area contributed by atoms with Gasteiger partial charge < -0.3 is 19.8 Å². The summed E-state index contributed by atoms with van der Waals surface area (Å²) in [7, 11) is 3.79. The summed E-state index contributed by atoms with van der Waals surface area (Å²) < 4.78 is 6.11. The quantitative estimate of drug-likeness (QED) is 0.711. The van der Waals surface area contributed by atoms with Crippen molar-refractivity contribution in [3.8, 4) is 0 Å². The van der Waals surface area contributed by atoms with Gasteiger partial charge in [-0.2, -0.15) is 0 Å². The molecule has 0 bridgehead atoms. The zero-order valence-electron chi connectivity index (χ0n) is 15.3. The Balaban J connectivity index is 1.82. The van der Waals surface area contributed by atoms with E-state index in [0.29, 0.717) is 19.0 Å². The highest BCUT2D eigenvalue weighted by Gasteiger charge is 2.31. The lowest BCUT2D eigenvalue weighted by Crippen LogP contribution is -2.46. The van der Waals surface area contributed by atoms with Crippen LogP contribution in [0.3, 0.4) is 0 Å². The number of hydrogen-bond acceptors (Lipinski definition) is 6. The number of rotatable bonds is 8. The maximum Gasteiger partial charge on any atom is 0.233 e. The summed E-state index contributed by atoms with van der Waals surface area (Å²) in [5, 5.41) is 6.83. The molecule has 0 saturated carbocycles. The predicted molar refractivity (Wildman–Crippen MR) is 93.9 cm³/mol. The summed E-state index contributed by atoms with van der Waals surface area (Å²) in [5.74, 6) is 0.970. The molecule has 0 aliphatic carbocycles. The molecule has 2 heterocycles. The van der Waals surface area contributed by atoms with Crippen molar-refractivity contribution in [3.63, 3.8) is 0 Å². The Bertz CT molecular complexity index is 430. The van der Waals surface area contributed by atoms with Crippen molar-refractivity contribution in [2.75, 3.05) is 53.4 Å². The predicted octanol–water partition coefficient (Wildman–Crippen LogP) is 0.905. The number of ether oxygens (including phenoxy) is 1. The van der Waals surface area contributed by atoms with Crippen molar-refractivity contribution in [1.82, 2.24) is 15.1 Å². The molecule has 2 aliphatic rings. The minimum absolute atomic E-state index is 0.0358. The van der Waals surface area contributed by atoms with Crippen LogP contribution in [0.25, 0.3) is 0 Å². The van der Waals surface area contributed by atoms with Crippen LogP contribution in [-0.2, 0) is 14.4 Å². The molecule has 0 spiro atoms. The van der Waals surface area contributed by atoms with E-state index in [1.807, 2.05) is 0 Å². The lowest BCUT2D eigenvalue weighted by Gasteiger charge is -2.35. The number of hydrogen-bond donors (Lipinski definition) is 1. The molecule has 2 rings (SSSR count). The van der Waals surface area contributed by atoms with Crippen molar-refractivity contribution >= 4 is 11.8 Å². The molecule has 7 nitrogen and oxygen atoms in total. The normalized spacial score (nSPS) is 24.9. The number of amides is 1. The maximum absolute atomic E-state index is 11.6. The van der Waals surface area contributed by atoms with Gasteiger partial charge in [0.2, 0.25) is 11.8 Å². The average molecular weight is 340 g/mol. The molecule has 1 amide bonds. The van der Waals surface area contributed by atoms with Crippen LogP contribution < -0.4 is 5.32 Å². The SMILES string of the molecule is CCCCN(C)CC1CON=C(C2CCCN(CC(=O)NC)C2)O1. The van der Waals surface area contributed by atoms with Crippen LogP contribution in [0.4, 0.5) is 0 Å². The number of piperidine rings is 1. The molecular formula is C17H32N4O3. The van der Waals surface area contributed by atoms with E-state index >= 15 is 0 Å². The summed E-state index contributed by atoms with van der Waals surface area (Å²) >= 11 is 0. The molecule has 1 saturated heterocycles. The number of unbranched alkanes of at least 4 members (excludes halogenated alkanes) is 1. The Labute approximate surface area is 145 Å². The van der Waals surface area contributed by atoms with E-state index in [2.05, 4.69) is 34.2 Å². The van der Waals surface area contributed by atoms with E-state index < -0.39 is 0 Å². The van der Waals surface area contributed by atoms with Crippen LogP contribution in [-0.4, -0.2) is 81.1 Å². The highest BCUT2D eigenvalue weighted by molar-refractivity contribution is 5.80. The Morgan fingerprint density at radius 2 is 2.33 bits per heavy atom. The third-order valence-corrected chi connectivity index (χ3v) is 4.61. The molecule has 1 fully saturated rings. The van der Waals surface area contributed by atoms with Gasteiger partial charge in [-0.25, -0.2) is 0 Å². The molecule has 2 aliphatic heterocycles. The van der Waals surface area contributed by atoms with E-state index in [0.717, 1.165) is 39.0 Å². The Hall–Kier alpha value is -1.34. The molecule has 0 aromatic heterocycles. The molecule has 0 aromatic carbocycles. The number of nitrogens with zero attached hydrogens (tertiary/aromatic N) is 3. The molecule has 1 N–H and O–H groups in total. The molecule has 138 valence electrons. The molecule has 2 unspecified atom stereocenters. The van der Waals surface area contributed by atoms with Gasteiger partial charge in [-0.15, -0.1) is 0 Å². The fourth-order valence-electron chi connectivity index (χ4n) is 3.22. The molecule has 0 aromatic rings. The second-order valence-electron chi connectivity index (χ2n) is 6.83. The fourth-order valence-corrected chi connectivity index (χ4v) is 3.22. The number of likely N-dealkylation sites (tertiary alicyclic amines) is 1. The Morgan fingerprint density at radius 1 is 1.50 bits per heavy atom. The molecular weight excluding hydrogens is 308 g/mol. The van der Waals surface area contributed by atoms with Gasteiger partial charge in [-0.3, -0.25) is 9.69 Å². The summed E-state index contributed by atoms with van der Waals surface area (Å²) in [6.07, 6.45) is 4.51. The number of oxime groups is 1. The fraction of sp³-hybridized carbons (Fsp3) is 0.882. The van der Waals surface area contributed by atoms with Crippen LogP contribution in [0.15, 0.2) is 5.16 Å². The highest BCUT2D eigenvalue weighted by atomic mass is 16.7. The molecule has 24 heavy (non-hydrogen) atoms. The average Bonchev–Trinajstić information content (AvgIpc) is 2.60. The van der Waals surface area contributed by atoms with Crippen LogP contribution in [0, 0.1) is 5.92 Å². The van der Waals surface area contributed by atoms with Gasteiger partial charge in [-0.1, -0.05) is 18.5 Å². The minimum atomic E-state index is 0.0358. The van der Waals surface area contributed by atoms with Crippen LogP contribution in [0.1, 0.15) is 32.6 Å². The monoisotopic (exact) mass is 340 g/mol. The first kappa shape index (κ1) is 19.0. The van der Waals surface area contributed by atoms with Crippen LogP contribution >= 0.6 is 0 Å². The lowest BCUT2D eigenvalue weighted by atomic mass is 9.97. The highest BCUT2D eigenvalue weighted by Crippen LogP contribution is 2.21. The van der Waals surface area contributed by atoms with Crippen LogP contribution in [0.5, 0.6) is 0 Å². The zero-order valence-corrected chi connectivity index (χ0v) is 15.3. The standard InChI is InChI=1S/C17H32N4O3/c1-4-5-8-20(3)11-15-13-23-19-17(24-15)14-7-6-9-21(10-14)12-16(22)18-2/h14-15H,4-13H2,1-3H3,(H,18,22). The topological polar surface area (TPSA) is 66.4 Å². The van der Waals surface area contributed by atoms with E-state index in [-0.39, 0.29) is 17.9 Å². The first-order valence-electron chi connectivity index (χ1n) is 9.10. The van der Waals surface area contributed by atoms with Crippen molar-refractivity contribution < 1.29 is 14.4 Å². The van der Waals surface area contributed by atoms with E-state index in [1.54, 1.807) is 7.05 Å². The molecule has 2 atom stereocenters. The Kier molecular flexibility index (Phi) is 7.78.